The van der Waals surface area contributed by atoms with Crippen LogP contribution in [0.15, 0.2) is 6.07 Å². The number of aromatic nitrogens is 2. The number of nitrogens with zero attached hydrogens (tertiary/aromatic N) is 4. The Morgan fingerprint density at radius 2 is 1.82 bits per heavy atom. The Morgan fingerprint density at radius 1 is 1.14 bits per heavy atom. The predicted octanol–water partition coefficient (Wildman–Crippen LogP) is 3.69. The zero-order valence-electron chi connectivity index (χ0n) is 17.7. The highest BCUT2D eigenvalue weighted by Gasteiger charge is 2.27. The van der Waals surface area contributed by atoms with Crippen LogP contribution in [0.3, 0.4) is 0 Å². The highest BCUT2D eigenvalue weighted by atomic mass is 35.5. The summed E-state index contributed by atoms with van der Waals surface area (Å²) in [5.41, 5.74) is 6.67. The first kappa shape index (κ1) is 22.9. The molecule has 0 atom stereocenters. The van der Waals surface area contributed by atoms with Crippen LogP contribution in [0.25, 0.3) is 0 Å². The lowest BCUT2D eigenvalue weighted by molar-refractivity contribution is 0.252. The molecule has 1 saturated heterocycles. The lowest BCUT2D eigenvalue weighted by Crippen LogP contribution is -2.47. The molecule has 3 N–H and O–H groups in total. The van der Waals surface area contributed by atoms with Gasteiger partial charge in [-0.15, -0.1) is 12.4 Å². The van der Waals surface area contributed by atoms with E-state index in [0.29, 0.717) is 11.8 Å². The molecule has 28 heavy (non-hydrogen) atoms. The Bertz CT molecular complexity index is 645. The van der Waals surface area contributed by atoms with Crippen molar-refractivity contribution in [2.75, 3.05) is 37.6 Å². The van der Waals surface area contributed by atoms with Gasteiger partial charge in [0.25, 0.3) is 0 Å². The van der Waals surface area contributed by atoms with Crippen LogP contribution < -0.4 is 10.6 Å². The summed E-state index contributed by atoms with van der Waals surface area (Å²) in [5.74, 6) is 3.04. The molecule has 0 spiro atoms. The van der Waals surface area contributed by atoms with Gasteiger partial charge in [-0.05, 0) is 32.2 Å². The van der Waals surface area contributed by atoms with Gasteiger partial charge in [-0.3, -0.25) is 10.3 Å². The van der Waals surface area contributed by atoms with Crippen molar-refractivity contribution in [2.45, 2.75) is 70.6 Å². The maximum atomic E-state index is 7.31. The number of hydrogen-bond acceptors (Lipinski definition) is 5. The zero-order chi connectivity index (χ0) is 19.4. The molecule has 158 valence electrons. The van der Waals surface area contributed by atoms with Gasteiger partial charge in [0.15, 0.2) is 0 Å². The summed E-state index contributed by atoms with van der Waals surface area (Å²) >= 11 is 0. The molecular weight excluding hydrogens is 372 g/mol. The summed E-state index contributed by atoms with van der Waals surface area (Å²) in [5, 5.41) is 7.31. The molecule has 2 heterocycles. The van der Waals surface area contributed by atoms with Crippen LogP contribution >= 0.6 is 12.4 Å². The highest BCUT2D eigenvalue weighted by Crippen LogP contribution is 2.37. The largest absolute Gasteiger partial charge is 0.388 e. The van der Waals surface area contributed by atoms with E-state index in [1.807, 2.05) is 0 Å². The number of nitrogens with two attached hydrogens (primary N) is 1. The molecule has 0 bridgehead atoms. The van der Waals surface area contributed by atoms with E-state index in [1.54, 1.807) is 0 Å². The summed E-state index contributed by atoms with van der Waals surface area (Å²) in [4.78, 5) is 14.8. The van der Waals surface area contributed by atoms with Crippen molar-refractivity contribution in [2.24, 2.45) is 5.73 Å². The van der Waals surface area contributed by atoms with E-state index in [1.165, 1.54) is 25.0 Å². The van der Waals surface area contributed by atoms with Gasteiger partial charge in [0.1, 0.15) is 11.6 Å². The fourth-order valence-corrected chi connectivity index (χ4v) is 3.71. The number of nitrogens with one attached hydrogen (secondary N) is 1. The molecule has 1 aromatic rings. The van der Waals surface area contributed by atoms with Crippen LogP contribution in [0.4, 0.5) is 5.82 Å². The van der Waals surface area contributed by atoms with E-state index >= 15 is 0 Å². The third kappa shape index (κ3) is 6.05. The average Bonchev–Trinajstić information content (AvgIpc) is 2.56. The Balaban J connectivity index is 0.00000280. The Labute approximate surface area is 176 Å². The van der Waals surface area contributed by atoms with Gasteiger partial charge in [0.05, 0.1) is 5.84 Å². The van der Waals surface area contributed by atoms with Crippen LogP contribution in [0.1, 0.15) is 76.7 Å². The molecule has 1 saturated carbocycles. The van der Waals surface area contributed by atoms with E-state index < -0.39 is 0 Å². The van der Waals surface area contributed by atoms with Gasteiger partial charge in [-0.2, -0.15) is 0 Å². The van der Waals surface area contributed by atoms with Crippen LogP contribution in [0.5, 0.6) is 0 Å². The maximum absolute atomic E-state index is 7.31. The highest BCUT2D eigenvalue weighted by molar-refractivity contribution is 5.85. The summed E-state index contributed by atoms with van der Waals surface area (Å²) in [6.07, 6.45) is 6.73. The molecule has 0 radical (unpaired) electrons. The topological polar surface area (TPSA) is 82.1 Å². The first-order valence-electron chi connectivity index (χ1n) is 10.5. The van der Waals surface area contributed by atoms with Crippen LogP contribution in [-0.2, 0) is 5.41 Å². The van der Waals surface area contributed by atoms with Crippen molar-refractivity contribution in [3.05, 3.63) is 17.6 Å². The van der Waals surface area contributed by atoms with E-state index in [2.05, 4.69) is 36.6 Å². The van der Waals surface area contributed by atoms with E-state index in [0.717, 1.165) is 63.6 Å². The number of halogens is 1. The minimum absolute atomic E-state index is 0. The van der Waals surface area contributed by atoms with Gasteiger partial charge >= 0.3 is 0 Å². The molecule has 7 heteroatoms. The zero-order valence-corrected chi connectivity index (χ0v) is 18.5. The van der Waals surface area contributed by atoms with Crippen LogP contribution in [0, 0.1) is 5.41 Å². The summed E-state index contributed by atoms with van der Waals surface area (Å²) in [6, 6.07) is 2.25. The van der Waals surface area contributed by atoms with E-state index in [9.17, 15) is 0 Å². The first-order valence-corrected chi connectivity index (χ1v) is 10.5. The lowest BCUT2D eigenvalue weighted by atomic mass is 9.82. The fraction of sp³-hybridized carbons (Fsp3) is 0.762. The molecule has 0 aromatic carbocycles. The monoisotopic (exact) mass is 408 g/mol. The number of piperazine rings is 1. The van der Waals surface area contributed by atoms with Gasteiger partial charge in [0, 0.05) is 55.7 Å². The number of anilines is 1. The van der Waals surface area contributed by atoms with Crippen LogP contribution in [-0.4, -0.2) is 53.4 Å². The first-order chi connectivity index (χ1) is 12.8. The van der Waals surface area contributed by atoms with Crippen LogP contribution in [0.2, 0.25) is 0 Å². The third-order valence-corrected chi connectivity index (χ3v) is 5.79. The van der Waals surface area contributed by atoms with Gasteiger partial charge < -0.3 is 10.6 Å². The van der Waals surface area contributed by atoms with Crippen molar-refractivity contribution >= 4 is 24.1 Å². The third-order valence-electron chi connectivity index (χ3n) is 5.79. The molecule has 1 aliphatic carbocycles. The maximum Gasteiger partial charge on any atom is 0.136 e. The second-order valence-corrected chi connectivity index (χ2v) is 9.16. The van der Waals surface area contributed by atoms with Crippen molar-refractivity contribution in [1.82, 2.24) is 14.9 Å². The molecule has 0 amide bonds. The Morgan fingerprint density at radius 3 is 2.36 bits per heavy atom. The van der Waals surface area contributed by atoms with Gasteiger partial charge in [0.2, 0.25) is 0 Å². The summed E-state index contributed by atoms with van der Waals surface area (Å²) in [7, 11) is 0. The van der Waals surface area contributed by atoms with Crippen molar-refractivity contribution in [3.63, 3.8) is 0 Å². The molecule has 2 aliphatic rings. The molecule has 6 nitrogen and oxygen atoms in total. The van der Waals surface area contributed by atoms with Gasteiger partial charge in [-0.1, -0.05) is 27.2 Å². The molecule has 3 rings (SSSR count). The molecule has 1 aliphatic heterocycles. The molecule has 0 unspecified atom stereocenters. The summed E-state index contributed by atoms with van der Waals surface area (Å²) in [6.45, 7) is 11.9. The SMILES string of the molecule is CC(C)(C)c1nc(C2CCC2)cc(N2CCN(CCCCC(=N)N)CC2)n1.Cl. The molecule has 1 aromatic heterocycles. The van der Waals surface area contributed by atoms with Gasteiger partial charge in [-0.25, -0.2) is 9.97 Å². The van der Waals surface area contributed by atoms with Crippen molar-refractivity contribution < 1.29 is 0 Å². The smallest absolute Gasteiger partial charge is 0.136 e. The number of hydrogen-bond donors (Lipinski definition) is 2. The standard InChI is InChI=1S/C21H36N6.ClH/c1-21(2,3)20-24-17(16-7-6-8-16)15-19(25-20)27-13-11-26(12-14-27)10-5-4-9-18(22)23;/h15-16H,4-14H2,1-3H3,(H3,22,23);1H. The minimum atomic E-state index is -0.0208. The lowest BCUT2D eigenvalue weighted by Gasteiger charge is -2.36. The quantitative estimate of drug-likeness (QED) is 0.408. The Hall–Kier alpha value is -1.40. The van der Waals surface area contributed by atoms with E-state index in [4.69, 9.17) is 21.1 Å². The fourth-order valence-electron chi connectivity index (χ4n) is 3.71. The second-order valence-electron chi connectivity index (χ2n) is 9.16. The average molecular weight is 409 g/mol. The van der Waals surface area contributed by atoms with E-state index in [-0.39, 0.29) is 17.8 Å². The molecule has 2 fully saturated rings. The number of unbranched alkanes of at least 4 members (excludes halogenated alkanes) is 1. The number of rotatable bonds is 7. The minimum Gasteiger partial charge on any atom is -0.388 e. The normalized spacial score (nSPS) is 18.5. The summed E-state index contributed by atoms with van der Waals surface area (Å²) < 4.78 is 0. The second kappa shape index (κ2) is 9.88. The molecular formula is C21H37ClN6. The number of amidine groups is 1. The van der Waals surface area contributed by atoms with Crippen molar-refractivity contribution in [1.29, 1.82) is 5.41 Å². The predicted molar refractivity (Wildman–Crippen MR) is 119 cm³/mol. The van der Waals surface area contributed by atoms with Crippen molar-refractivity contribution in [3.8, 4) is 0 Å². The Kier molecular flexibility index (Phi) is 8.07.